The van der Waals surface area contributed by atoms with E-state index in [1.54, 1.807) is 32.3 Å². The Kier molecular flexibility index (Phi) is 6.49. The lowest BCUT2D eigenvalue weighted by Crippen LogP contribution is -2.29. The average Bonchev–Trinajstić information content (AvgIpc) is 2.49. The Morgan fingerprint density at radius 1 is 1.30 bits per heavy atom. The molecule has 0 aromatic carbocycles. The van der Waals surface area contributed by atoms with Gasteiger partial charge in [-0.25, -0.2) is 9.78 Å². The van der Waals surface area contributed by atoms with Gasteiger partial charge in [-0.1, -0.05) is 19.9 Å². The number of hydrogen-bond donors (Lipinski definition) is 0. The highest BCUT2D eigenvalue weighted by Gasteiger charge is 2.17. The highest BCUT2D eigenvalue weighted by Crippen LogP contribution is 2.18. The third kappa shape index (κ3) is 4.53. The van der Waals surface area contributed by atoms with Gasteiger partial charge in [0.1, 0.15) is 12.4 Å². The Hall–Kier alpha value is -2.11. The second-order valence-corrected chi connectivity index (χ2v) is 4.17. The van der Waals surface area contributed by atoms with E-state index in [0.29, 0.717) is 24.4 Å². The van der Waals surface area contributed by atoms with Crippen molar-refractivity contribution in [1.82, 2.24) is 4.98 Å². The minimum atomic E-state index is -0.478. The molecule has 0 saturated heterocycles. The summed E-state index contributed by atoms with van der Waals surface area (Å²) >= 11 is 0. The molecule has 1 aromatic rings. The van der Waals surface area contributed by atoms with E-state index in [1.165, 1.54) is 4.90 Å². The van der Waals surface area contributed by atoms with Crippen LogP contribution in [0, 0.1) is 0 Å². The quantitative estimate of drug-likeness (QED) is 0.749. The predicted molar refractivity (Wildman–Crippen MR) is 74.4 cm³/mol. The summed E-state index contributed by atoms with van der Waals surface area (Å²) in [6.07, 6.45) is 2.16. The van der Waals surface area contributed by atoms with Crippen molar-refractivity contribution in [2.75, 3.05) is 18.6 Å². The Balaban J connectivity index is 2.78. The van der Waals surface area contributed by atoms with Gasteiger partial charge in [-0.05, 0) is 12.5 Å². The van der Waals surface area contributed by atoms with Crippen LogP contribution in [0.1, 0.15) is 32.3 Å². The number of nitrogens with zero attached hydrogens (tertiary/aromatic N) is 2. The Bertz CT molecular complexity index is 462. The summed E-state index contributed by atoms with van der Waals surface area (Å²) in [5, 5.41) is 0. The first-order valence-electron chi connectivity index (χ1n) is 6.60. The second kappa shape index (κ2) is 8.14. The number of esters is 1. The maximum atomic E-state index is 11.8. The normalized spacial score (nSPS) is 9.95. The van der Waals surface area contributed by atoms with E-state index in [9.17, 15) is 9.59 Å². The fourth-order valence-corrected chi connectivity index (χ4v) is 1.48. The lowest BCUT2D eigenvalue weighted by Gasteiger charge is -2.18. The zero-order chi connectivity index (χ0) is 15.0. The number of hydrogen-bond acceptors (Lipinski definition) is 5. The van der Waals surface area contributed by atoms with Crippen molar-refractivity contribution in [3.63, 3.8) is 0 Å². The summed E-state index contributed by atoms with van der Waals surface area (Å²) in [5.41, 5.74) is 0.658. The van der Waals surface area contributed by atoms with E-state index in [4.69, 9.17) is 9.47 Å². The van der Waals surface area contributed by atoms with Crippen LogP contribution in [0.4, 0.5) is 10.6 Å². The minimum absolute atomic E-state index is 0.0846. The van der Waals surface area contributed by atoms with Crippen molar-refractivity contribution in [2.24, 2.45) is 0 Å². The maximum Gasteiger partial charge on any atom is 0.415 e. The topological polar surface area (TPSA) is 68.7 Å². The van der Waals surface area contributed by atoms with E-state index in [1.807, 2.05) is 6.92 Å². The fraction of sp³-hybridized carbons (Fsp3) is 0.500. The van der Waals surface area contributed by atoms with Crippen LogP contribution in [0.5, 0.6) is 0 Å². The van der Waals surface area contributed by atoms with Crippen LogP contribution in [0.25, 0.3) is 0 Å². The van der Waals surface area contributed by atoms with Gasteiger partial charge in [0.15, 0.2) is 0 Å². The summed E-state index contributed by atoms with van der Waals surface area (Å²) in [6, 6.07) is 3.48. The van der Waals surface area contributed by atoms with Crippen LogP contribution in [-0.4, -0.2) is 30.7 Å². The van der Waals surface area contributed by atoms with Crippen molar-refractivity contribution in [2.45, 2.75) is 33.3 Å². The van der Waals surface area contributed by atoms with Crippen LogP contribution in [0.2, 0.25) is 0 Å². The highest BCUT2D eigenvalue weighted by molar-refractivity contribution is 5.86. The first kappa shape index (κ1) is 15.9. The molecular weight excluding hydrogens is 260 g/mol. The Labute approximate surface area is 118 Å². The van der Waals surface area contributed by atoms with Gasteiger partial charge < -0.3 is 9.47 Å². The standard InChI is InChI=1S/C14H20N2O4/c1-4-9-19-14(18)16(3)13-11(7-6-8-15-13)10-20-12(17)5-2/h6-8H,4-5,9-10H2,1-3H3. The highest BCUT2D eigenvalue weighted by atomic mass is 16.6. The van der Waals surface area contributed by atoms with Crippen molar-refractivity contribution in [3.05, 3.63) is 23.9 Å². The number of carbonyl (C=O) groups excluding carboxylic acids is 2. The van der Waals surface area contributed by atoms with Crippen LogP contribution >= 0.6 is 0 Å². The number of amides is 1. The van der Waals surface area contributed by atoms with E-state index < -0.39 is 6.09 Å². The molecule has 0 N–H and O–H groups in total. The van der Waals surface area contributed by atoms with Crippen LogP contribution in [-0.2, 0) is 20.9 Å². The summed E-state index contributed by atoms with van der Waals surface area (Å²) in [5.74, 6) is 0.133. The largest absolute Gasteiger partial charge is 0.461 e. The van der Waals surface area contributed by atoms with Crippen molar-refractivity contribution in [3.8, 4) is 0 Å². The van der Waals surface area contributed by atoms with E-state index in [0.717, 1.165) is 6.42 Å². The zero-order valence-electron chi connectivity index (χ0n) is 12.1. The van der Waals surface area contributed by atoms with Crippen LogP contribution in [0.3, 0.4) is 0 Å². The molecule has 0 aliphatic carbocycles. The molecule has 0 bridgehead atoms. The number of carbonyl (C=O) groups is 2. The maximum absolute atomic E-state index is 11.8. The molecule has 20 heavy (non-hydrogen) atoms. The van der Waals surface area contributed by atoms with Gasteiger partial charge in [0, 0.05) is 25.2 Å². The molecule has 1 rings (SSSR count). The predicted octanol–water partition coefficient (Wildman–Crippen LogP) is 2.52. The molecule has 0 aliphatic rings. The lowest BCUT2D eigenvalue weighted by atomic mass is 10.2. The first-order valence-corrected chi connectivity index (χ1v) is 6.60. The molecule has 0 unspecified atom stereocenters. The fourth-order valence-electron chi connectivity index (χ4n) is 1.48. The third-order valence-corrected chi connectivity index (χ3v) is 2.57. The molecule has 6 heteroatoms. The molecule has 0 spiro atoms. The number of anilines is 1. The number of aromatic nitrogens is 1. The van der Waals surface area contributed by atoms with Gasteiger partial charge in [0.05, 0.1) is 6.61 Å². The summed E-state index contributed by atoms with van der Waals surface area (Å²) < 4.78 is 10.1. The number of ether oxygens (including phenoxy) is 2. The van der Waals surface area contributed by atoms with Gasteiger partial charge in [0.25, 0.3) is 0 Å². The van der Waals surface area contributed by atoms with Crippen molar-refractivity contribution >= 4 is 17.9 Å². The molecule has 1 amide bonds. The molecule has 1 aromatic heterocycles. The van der Waals surface area contributed by atoms with Crippen LogP contribution in [0.15, 0.2) is 18.3 Å². The molecule has 0 aliphatic heterocycles. The summed E-state index contributed by atoms with van der Waals surface area (Å²) in [7, 11) is 1.57. The van der Waals surface area contributed by atoms with Crippen molar-refractivity contribution < 1.29 is 19.1 Å². The van der Waals surface area contributed by atoms with Crippen LogP contribution < -0.4 is 4.90 Å². The first-order chi connectivity index (χ1) is 9.60. The van der Waals surface area contributed by atoms with E-state index in [2.05, 4.69) is 4.98 Å². The molecule has 0 fully saturated rings. The van der Waals surface area contributed by atoms with Gasteiger partial charge in [-0.2, -0.15) is 0 Å². The lowest BCUT2D eigenvalue weighted by molar-refractivity contribution is -0.144. The monoisotopic (exact) mass is 280 g/mol. The third-order valence-electron chi connectivity index (χ3n) is 2.57. The van der Waals surface area contributed by atoms with E-state index in [-0.39, 0.29) is 12.6 Å². The molecule has 6 nitrogen and oxygen atoms in total. The summed E-state index contributed by atoms with van der Waals surface area (Å²) in [4.78, 5) is 28.5. The number of rotatable bonds is 6. The molecule has 1 heterocycles. The minimum Gasteiger partial charge on any atom is -0.461 e. The molecule has 0 saturated carbocycles. The molecular formula is C14H20N2O4. The zero-order valence-corrected chi connectivity index (χ0v) is 12.1. The van der Waals surface area contributed by atoms with Gasteiger partial charge in [-0.15, -0.1) is 0 Å². The number of pyridine rings is 1. The second-order valence-electron chi connectivity index (χ2n) is 4.17. The SMILES string of the molecule is CCCOC(=O)N(C)c1ncccc1COC(=O)CC. The average molecular weight is 280 g/mol. The van der Waals surface area contributed by atoms with Crippen molar-refractivity contribution in [1.29, 1.82) is 0 Å². The van der Waals surface area contributed by atoms with Gasteiger partial charge in [0.2, 0.25) is 0 Å². The summed E-state index contributed by atoms with van der Waals surface area (Å²) in [6.45, 7) is 4.09. The van der Waals surface area contributed by atoms with E-state index >= 15 is 0 Å². The van der Waals surface area contributed by atoms with Gasteiger partial charge in [-0.3, -0.25) is 9.69 Å². The molecule has 0 atom stereocenters. The molecule has 0 radical (unpaired) electrons. The molecule has 110 valence electrons. The van der Waals surface area contributed by atoms with Gasteiger partial charge >= 0.3 is 12.1 Å². The Morgan fingerprint density at radius 3 is 2.70 bits per heavy atom. The Morgan fingerprint density at radius 2 is 2.05 bits per heavy atom. The smallest absolute Gasteiger partial charge is 0.415 e.